The van der Waals surface area contributed by atoms with Crippen molar-refractivity contribution >= 4 is 28.0 Å². The third kappa shape index (κ3) is 7.59. The van der Waals surface area contributed by atoms with Crippen LogP contribution in [0.15, 0.2) is 60.0 Å². The van der Waals surface area contributed by atoms with Crippen LogP contribution in [0.2, 0.25) is 0 Å². The van der Waals surface area contributed by atoms with Gasteiger partial charge in [0.25, 0.3) is 10.0 Å². The molecule has 2 aromatic rings. The van der Waals surface area contributed by atoms with Gasteiger partial charge in [-0.15, -0.1) is 13.2 Å². The van der Waals surface area contributed by atoms with Crippen molar-refractivity contribution in [2.24, 2.45) is 5.92 Å². The smallest absolute Gasteiger partial charge is 0.481 e. The summed E-state index contributed by atoms with van der Waals surface area (Å²) in [5.41, 5.74) is 0.746. The van der Waals surface area contributed by atoms with Crippen LogP contribution in [0.5, 0.6) is 5.75 Å². The number of benzene rings is 2. The molecule has 0 bridgehead atoms. The average Bonchev–Trinajstić information content (AvgIpc) is 2.65. The lowest BCUT2D eigenvalue weighted by Crippen LogP contribution is -2.39. The molecule has 7 nitrogen and oxygen atoms in total. The van der Waals surface area contributed by atoms with E-state index in [1.165, 1.54) is 6.08 Å². The minimum absolute atomic E-state index is 0.198. The number of carboxylic acids is 1. The lowest BCUT2D eigenvalue weighted by Gasteiger charge is -2.13. The minimum atomic E-state index is -4.88. The molecule has 160 valence electrons. The van der Waals surface area contributed by atoms with Crippen LogP contribution in [-0.2, 0) is 26.0 Å². The Labute approximate surface area is 169 Å². The molecule has 0 saturated heterocycles. The van der Waals surface area contributed by atoms with Gasteiger partial charge in [-0.25, -0.2) is 13.1 Å². The number of carboxylic acid groups (broad SMARTS) is 1. The number of halogens is 3. The Bertz CT molecular complexity index is 1020. The maximum atomic E-state index is 12.2. The van der Waals surface area contributed by atoms with Crippen LogP contribution < -0.4 is 9.46 Å². The van der Waals surface area contributed by atoms with Crippen LogP contribution in [0.1, 0.15) is 11.1 Å². The van der Waals surface area contributed by atoms with Gasteiger partial charge in [0.2, 0.25) is 5.91 Å². The van der Waals surface area contributed by atoms with Crippen LogP contribution in [0.3, 0.4) is 0 Å². The molecule has 0 fully saturated rings. The van der Waals surface area contributed by atoms with Gasteiger partial charge < -0.3 is 9.84 Å². The normalized spacial score (nSPS) is 13.0. The Balaban J connectivity index is 2.07. The van der Waals surface area contributed by atoms with Gasteiger partial charge in [0.15, 0.2) is 0 Å². The Morgan fingerprint density at radius 1 is 1.07 bits per heavy atom. The molecule has 2 N–H and O–H groups in total. The van der Waals surface area contributed by atoms with Gasteiger partial charge in [0.05, 0.1) is 5.41 Å². The van der Waals surface area contributed by atoms with Crippen LogP contribution >= 0.6 is 0 Å². The van der Waals surface area contributed by atoms with Gasteiger partial charge in [-0.2, -0.15) is 0 Å². The Kier molecular flexibility index (Phi) is 7.22. The summed E-state index contributed by atoms with van der Waals surface area (Å²) in [6, 6.07) is 12.5. The predicted octanol–water partition coefficient (Wildman–Crippen LogP) is 2.95. The number of amides is 1. The third-order valence-electron chi connectivity index (χ3n) is 3.69. The fraction of sp³-hybridized carbons (Fsp3) is 0.158. The highest BCUT2D eigenvalue weighted by Gasteiger charge is 2.31. The summed E-state index contributed by atoms with van der Waals surface area (Å²) >= 11 is 0. The number of hydrogen-bond donors (Lipinski definition) is 2. The summed E-state index contributed by atoms with van der Waals surface area (Å²) < 4.78 is 66.0. The summed E-state index contributed by atoms with van der Waals surface area (Å²) in [6.07, 6.45) is -4.09. The van der Waals surface area contributed by atoms with Gasteiger partial charge in [-0.1, -0.05) is 42.5 Å². The Hall–Kier alpha value is -3.34. The monoisotopic (exact) mass is 443 g/mol. The molecule has 0 aliphatic rings. The van der Waals surface area contributed by atoms with E-state index in [4.69, 9.17) is 0 Å². The SMILES string of the molecule is O=C(O)C(Cc1ccc(OC(F)(F)F)cc1)C(=O)NS(=O)(=O)/C=C/c1ccccc1. The van der Waals surface area contributed by atoms with E-state index in [1.807, 2.05) is 0 Å². The van der Waals surface area contributed by atoms with Crippen LogP contribution in [-0.4, -0.2) is 31.8 Å². The van der Waals surface area contributed by atoms with Gasteiger partial charge >= 0.3 is 12.3 Å². The van der Waals surface area contributed by atoms with E-state index in [9.17, 15) is 36.3 Å². The number of alkyl halides is 3. The molecule has 0 spiro atoms. The first kappa shape index (κ1) is 22.9. The van der Waals surface area contributed by atoms with Crippen molar-refractivity contribution in [1.82, 2.24) is 4.72 Å². The summed E-state index contributed by atoms with van der Waals surface area (Å²) in [6.45, 7) is 0. The molecule has 0 saturated carbocycles. The Morgan fingerprint density at radius 2 is 1.67 bits per heavy atom. The number of carbonyl (C=O) groups is 2. The lowest BCUT2D eigenvalue weighted by atomic mass is 9.99. The van der Waals surface area contributed by atoms with E-state index in [-0.39, 0.29) is 5.56 Å². The zero-order chi connectivity index (χ0) is 22.4. The van der Waals surface area contributed by atoms with Gasteiger partial charge in [-0.3, -0.25) is 9.59 Å². The fourth-order valence-corrected chi connectivity index (χ4v) is 3.16. The van der Waals surface area contributed by atoms with Crippen LogP contribution in [0, 0.1) is 5.92 Å². The van der Waals surface area contributed by atoms with Crippen molar-refractivity contribution in [2.45, 2.75) is 12.8 Å². The molecule has 30 heavy (non-hydrogen) atoms. The molecule has 2 aromatic carbocycles. The predicted molar refractivity (Wildman–Crippen MR) is 100 cm³/mol. The number of ether oxygens (including phenoxy) is 1. The van der Waals surface area contributed by atoms with Gasteiger partial charge in [0.1, 0.15) is 11.7 Å². The highest BCUT2D eigenvalue weighted by molar-refractivity contribution is 7.93. The first-order chi connectivity index (χ1) is 14.0. The summed E-state index contributed by atoms with van der Waals surface area (Å²) in [5.74, 6) is -5.17. The number of nitrogens with one attached hydrogen (secondary N) is 1. The maximum absolute atomic E-state index is 12.2. The second kappa shape index (κ2) is 9.44. The molecular formula is C19H16F3NO6S. The molecule has 0 aliphatic carbocycles. The summed E-state index contributed by atoms with van der Waals surface area (Å²) in [7, 11) is -4.27. The second-order valence-corrected chi connectivity index (χ2v) is 7.58. The molecule has 0 radical (unpaired) electrons. The number of sulfonamides is 1. The quantitative estimate of drug-likeness (QED) is 0.607. The van der Waals surface area contributed by atoms with E-state index in [0.29, 0.717) is 5.56 Å². The zero-order valence-corrected chi connectivity index (χ0v) is 16.0. The number of carbonyl (C=O) groups excluding carboxylic acids is 1. The van der Waals surface area contributed by atoms with E-state index in [0.717, 1.165) is 29.7 Å². The molecule has 0 aromatic heterocycles. The van der Waals surface area contributed by atoms with E-state index in [1.54, 1.807) is 35.1 Å². The third-order valence-corrected chi connectivity index (χ3v) is 4.67. The number of hydrogen-bond acceptors (Lipinski definition) is 5. The first-order valence-corrected chi connectivity index (χ1v) is 9.87. The minimum Gasteiger partial charge on any atom is -0.481 e. The molecule has 1 atom stereocenters. The summed E-state index contributed by atoms with van der Waals surface area (Å²) in [5, 5.41) is 9.99. The molecule has 2 rings (SSSR count). The second-order valence-electron chi connectivity index (χ2n) is 6.01. The molecule has 0 heterocycles. The topological polar surface area (TPSA) is 110 Å². The van der Waals surface area contributed by atoms with Crippen molar-refractivity contribution in [3.8, 4) is 5.75 Å². The van der Waals surface area contributed by atoms with E-state index >= 15 is 0 Å². The average molecular weight is 443 g/mol. The first-order valence-electron chi connectivity index (χ1n) is 8.32. The number of aliphatic carboxylic acids is 1. The standard InChI is InChI=1S/C19H16F3NO6S/c20-19(21,22)29-15-8-6-14(7-9-15)12-16(18(25)26)17(24)23-30(27,28)11-10-13-4-2-1-3-5-13/h1-11,16H,12H2,(H,23,24)(H,25,26)/b11-10+. The van der Waals surface area contributed by atoms with Crippen molar-refractivity contribution < 1.29 is 41.0 Å². The van der Waals surface area contributed by atoms with Gasteiger partial charge in [-0.05, 0) is 35.8 Å². The molecule has 11 heteroatoms. The highest BCUT2D eigenvalue weighted by Crippen LogP contribution is 2.23. The van der Waals surface area contributed by atoms with Crippen molar-refractivity contribution in [1.29, 1.82) is 0 Å². The maximum Gasteiger partial charge on any atom is 0.573 e. The van der Waals surface area contributed by atoms with E-state index in [2.05, 4.69) is 4.74 Å². The molecular weight excluding hydrogens is 427 g/mol. The van der Waals surface area contributed by atoms with Gasteiger partial charge in [0, 0.05) is 0 Å². The lowest BCUT2D eigenvalue weighted by molar-refractivity contribution is -0.274. The number of rotatable bonds is 8. The molecule has 0 aliphatic heterocycles. The largest absolute Gasteiger partial charge is 0.573 e. The van der Waals surface area contributed by atoms with Crippen molar-refractivity contribution in [3.63, 3.8) is 0 Å². The summed E-state index contributed by atoms with van der Waals surface area (Å²) in [4.78, 5) is 23.6. The van der Waals surface area contributed by atoms with E-state index < -0.39 is 46.4 Å². The van der Waals surface area contributed by atoms with Crippen molar-refractivity contribution in [2.75, 3.05) is 0 Å². The molecule has 1 amide bonds. The van der Waals surface area contributed by atoms with Crippen LogP contribution in [0.4, 0.5) is 13.2 Å². The van der Waals surface area contributed by atoms with Crippen molar-refractivity contribution in [3.05, 3.63) is 71.1 Å². The fourth-order valence-electron chi connectivity index (χ4n) is 2.33. The zero-order valence-electron chi connectivity index (χ0n) is 15.2. The Morgan fingerprint density at radius 3 is 2.20 bits per heavy atom. The molecule has 1 unspecified atom stereocenters. The highest BCUT2D eigenvalue weighted by atomic mass is 32.2. The van der Waals surface area contributed by atoms with Crippen LogP contribution in [0.25, 0.3) is 6.08 Å².